The number of rotatable bonds is 6. The van der Waals surface area contributed by atoms with E-state index in [0.717, 1.165) is 15.7 Å². The molecule has 33 heavy (non-hydrogen) atoms. The van der Waals surface area contributed by atoms with Gasteiger partial charge >= 0.3 is 6.03 Å². The number of carbonyl (C=O) groups is 3. The Balaban J connectivity index is 1.49. The van der Waals surface area contributed by atoms with Crippen molar-refractivity contribution >= 4 is 44.1 Å². The van der Waals surface area contributed by atoms with Crippen molar-refractivity contribution in [2.45, 2.75) is 24.3 Å². The molecule has 170 valence electrons. The number of nitrogens with one attached hydrogen (secondary N) is 2. The van der Waals surface area contributed by atoms with Crippen molar-refractivity contribution in [1.29, 1.82) is 0 Å². The van der Waals surface area contributed by atoms with Gasteiger partial charge in [-0.25, -0.2) is 13.2 Å². The largest absolute Gasteiger partial charge is 0.325 e. The molecule has 8 nitrogen and oxygen atoms in total. The van der Waals surface area contributed by atoms with E-state index in [9.17, 15) is 22.8 Å². The molecule has 4 amide bonds. The summed E-state index contributed by atoms with van der Waals surface area (Å²) in [6, 6.07) is 18.3. The first-order valence-corrected chi connectivity index (χ1v) is 12.1. The molecule has 0 radical (unpaired) electrons. The van der Waals surface area contributed by atoms with Crippen LogP contribution < -0.4 is 10.6 Å². The second kappa shape index (κ2) is 8.32. The van der Waals surface area contributed by atoms with Crippen LogP contribution in [0.25, 0.3) is 10.8 Å². The summed E-state index contributed by atoms with van der Waals surface area (Å²) in [5, 5.41) is 7.24. The number of anilines is 1. The summed E-state index contributed by atoms with van der Waals surface area (Å²) < 4.78 is 23.8. The van der Waals surface area contributed by atoms with E-state index >= 15 is 0 Å². The highest BCUT2D eigenvalue weighted by Crippen LogP contribution is 2.31. The fraction of sp³-hybridized carbons (Fsp3) is 0.208. The molecule has 0 saturated carbocycles. The lowest BCUT2D eigenvalue weighted by molar-refractivity contribution is -0.133. The van der Waals surface area contributed by atoms with Gasteiger partial charge in [0.25, 0.3) is 5.91 Å². The van der Waals surface area contributed by atoms with Crippen molar-refractivity contribution in [3.05, 3.63) is 72.3 Å². The Morgan fingerprint density at radius 1 is 1.00 bits per heavy atom. The zero-order valence-corrected chi connectivity index (χ0v) is 19.0. The minimum atomic E-state index is -3.35. The molecule has 4 rings (SSSR count). The summed E-state index contributed by atoms with van der Waals surface area (Å²) in [6.07, 6.45) is 0. The zero-order valence-electron chi connectivity index (χ0n) is 18.2. The van der Waals surface area contributed by atoms with E-state index in [1.807, 2.05) is 36.4 Å². The normalized spacial score (nSPS) is 18.4. The maximum atomic E-state index is 13.1. The fourth-order valence-electron chi connectivity index (χ4n) is 3.79. The zero-order chi connectivity index (χ0) is 23.8. The number of imide groups is 1. The Kier molecular flexibility index (Phi) is 5.67. The second-order valence-electron chi connectivity index (χ2n) is 7.98. The van der Waals surface area contributed by atoms with Crippen molar-refractivity contribution in [2.75, 3.05) is 17.6 Å². The number of hydrogen-bond acceptors (Lipinski definition) is 5. The number of fused-ring (bicyclic) bond motifs is 1. The third-order valence-corrected chi connectivity index (χ3v) is 7.53. The number of sulfone groups is 1. The highest BCUT2D eigenvalue weighted by atomic mass is 32.2. The van der Waals surface area contributed by atoms with E-state index in [1.165, 1.54) is 24.3 Å². The lowest BCUT2D eigenvalue weighted by Gasteiger charge is -2.22. The van der Waals surface area contributed by atoms with Gasteiger partial charge in [0.05, 0.1) is 10.6 Å². The van der Waals surface area contributed by atoms with E-state index < -0.39 is 39.8 Å². The molecular formula is C24H23N3O5S. The second-order valence-corrected chi connectivity index (χ2v) is 10.3. The minimum absolute atomic E-state index is 0.0269. The molecule has 3 aromatic rings. The summed E-state index contributed by atoms with van der Waals surface area (Å²) in [4.78, 5) is 39.3. The Bertz CT molecular complexity index is 1370. The van der Waals surface area contributed by atoms with Gasteiger partial charge in [-0.1, -0.05) is 43.3 Å². The van der Waals surface area contributed by atoms with Crippen LogP contribution in [-0.4, -0.2) is 43.5 Å². The monoisotopic (exact) mass is 465 g/mol. The van der Waals surface area contributed by atoms with Crippen LogP contribution in [0, 0.1) is 0 Å². The first kappa shape index (κ1) is 22.5. The maximum absolute atomic E-state index is 13.1. The van der Waals surface area contributed by atoms with E-state index in [1.54, 1.807) is 19.9 Å². The Morgan fingerprint density at radius 2 is 1.67 bits per heavy atom. The highest BCUT2D eigenvalue weighted by molar-refractivity contribution is 7.91. The van der Waals surface area contributed by atoms with Gasteiger partial charge in [0.1, 0.15) is 12.1 Å². The van der Waals surface area contributed by atoms with Gasteiger partial charge in [-0.05, 0) is 53.6 Å². The molecule has 0 aromatic heterocycles. The van der Waals surface area contributed by atoms with Gasteiger partial charge in [0.2, 0.25) is 5.91 Å². The predicted molar refractivity (Wildman–Crippen MR) is 124 cm³/mol. The van der Waals surface area contributed by atoms with Crippen molar-refractivity contribution in [2.24, 2.45) is 0 Å². The molecule has 0 aliphatic carbocycles. The third-order valence-electron chi connectivity index (χ3n) is 5.78. The molecular weight excluding hydrogens is 442 g/mol. The lowest BCUT2D eigenvalue weighted by Crippen LogP contribution is -2.42. The smallest absolute Gasteiger partial charge is 0.325 e. The van der Waals surface area contributed by atoms with Crippen molar-refractivity contribution < 1.29 is 22.8 Å². The van der Waals surface area contributed by atoms with Gasteiger partial charge in [-0.3, -0.25) is 14.5 Å². The van der Waals surface area contributed by atoms with Crippen LogP contribution in [0.1, 0.15) is 19.4 Å². The average molecular weight is 466 g/mol. The Hall–Kier alpha value is -3.72. The van der Waals surface area contributed by atoms with Gasteiger partial charge in [-0.2, -0.15) is 0 Å². The molecule has 1 atom stereocenters. The highest BCUT2D eigenvalue weighted by Gasteiger charge is 2.49. The standard InChI is InChI=1S/C24H23N3O5S/c1-3-33(31,32)20-12-10-19(11-13-20)25-21(28)15-27-22(29)24(2,26-23(27)30)18-9-8-16-6-4-5-7-17(16)14-18/h4-14H,3,15H2,1-2H3,(H,25,28)(H,26,30)/t24-/m0/s1. The molecule has 0 spiro atoms. The molecule has 1 heterocycles. The number of amides is 4. The topological polar surface area (TPSA) is 113 Å². The Morgan fingerprint density at radius 3 is 2.33 bits per heavy atom. The summed E-state index contributed by atoms with van der Waals surface area (Å²) in [7, 11) is -3.35. The fourth-order valence-corrected chi connectivity index (χ4v) is 4.68. The average Bonchev–Trinajstić information content (AvgIpc) is 3.03. The number of carbonyl (C=O) groups excluding carboxylic acids is 3. The summed E-state index contributed by atoms with van der Waals surface area (Å²) in [5.41, 5.74) is -0.313. The minimum Gasteiger partial charge on any atom is -0.325 e. The van der Waals surface area contributed by atoms with Crippen LogP contribution in [-0.2, 0) is 25.0 Å². The third kappa shape index (κ3) is 4.19. The summed E-state index contributed by atoms with van der Waals surface area (Å²) >= 11 is 0. The van der Waals surface area contributed by atoms with E-state index in [4.69, 9.17) is 0 Å². The van der Waals surface area contributed by atoms with Gasteiger partial charge in [-0.15, -0.1) is 0 Å². The SMILES string of the molecule is CCS(=O)(=O)c1ccc(NC(=O)CN2C(=O)N[C@@](C)(c3ccc4ccccc4c3)C2=O)cc1. The number of nitrogens with zero attached hydrogens (tertiary/aromatic N) is 1. The molecule has 1 aliphatic rings. The van der Waals surface area contributed by atoms with Gasteiger partial charge in [0, 0.05) is 5.69 Å². The van der Waals surface area contributed by atoms with E-state index in [2.05, 4.69) is 10.6 Å². The predicted octanol–water partition coefficient (Wildman–Crippen LogP) is 3.04. The number of hydrogen-bond donors (Lipinski definition) is 2. The Labute approximate surface area is 191 Å². The summed E-state index contributed by atoms with van der Waals surface area (Å²) in [5.74, 6) is -1.13. The van der Waals surface area contributed by atoms with E-state index in [-0.39, 0.29) is 10.6 Å². The first-order chi connectivity index (χ1) is 15.6. The van der Waals surface area contributed by atoms with Gasteiger partial charge < -0.3 is 10.6 Å². The summed E-state index contributed by atoms with van der Waals surface area (Å²) in [6.45, 7) is 2.69. The van der Waals surface area contributed by atoms with Crippen molar-refractivity contribution in [1.82, 2.24) is 10.2 Å². The first-order valence-electron chi connectivity index (χ1n) is 10.4. The van der Waals surface area contributed by atoms with Crippen LogP contribution >= 0.6 is 0 Å². The molecule has 1 aliphatic heterocycles. The molecule has 1 fully saturated rings. The van der Waals surface area contributed by atoms with Crippen LogP contribution in [0.3, 0.4) is 0 Å². The molecule has 0 bridgehead atoms. The molecule has 9 heteroatoms. The van der Waals surface area contributed by atoms with Crippen molar-refractivity contribution in [3.63, 3.8) is 0 Å². The lowest BCUT2D eigenvalue weighted by atomic mass is 9.90. The van der Waals surface area contributed by atoms with Crippen molar-refractivity contribution in [3.8, 4) is 0 Å². The number of urea groups is 1. The number of benzene rings is 3. The molecule has 2 N–H and O–H groups in total. The van der Waals surface area contributed by atoms with Crippen LogP contribution in [0.4, 0.5) is 10.5 Å². The van der Waals surface area contributed by atoms with Crippen LogP contribution in [0.2, 0.25) is 0 Å². The van der Waals surface area contributed by atoms with Gasteiger partial charge in [0.15, 0.2) is 9.84 Å². The van der Waals surface area contributed by atoms with E-state index in [0.29, 0.717) is 11.3 Å². The quantitative estimate of drug-likeness (QED) is 0.544. The molecule has 3 aromatic carbocycles. The van der Waals surface area contributed by atoms with Crippen LogP contribution in [0.5, 0.6) is 0 Å². The van der Waals surface area contributed by atoms with Crippen LogP contribution in [0.15, 0.2) is 71.6 Å². The molecule has 0 unspecified atom stereocenters. The molecule has 1 saturated heterocycles. The maximum Gasteiger partial charge on any atom is 0.325 e.